The summed E-state index contributed by atoms with van der Waals surface area (Å²) in [5.41, 5.74) is 2.65. The lowest BCUT2D eigenvalue weighted by molar-refractivity contribution is 0.468. The van der Waals surface area contributed by atoms with Crippen LogP contribution in [0.5, 0.6) is 0 Å². The van der Waals surface area contributed by atoms with E-state index in [9.17, 15) is 0 Å². The van der Waals surface area contributed by atoms with Gasteiger partial charge in [0.1, 0.15) is 0 Å². The molecular formula is C11H11IN2O. The summed E-state index contributed by atoms with van der Waals surface area (Å²) in [6, 6.07) is 8.36. The third kappa shape index (κ3) is 2.77. The molecule has 0 aliphatic rings. The minimum Gasteiger partial charge on any atom is -0.416 e. The highest BCUT2D eigenvalue weighted by Crippen LogP contribution is 2.11. The summed E-state index contributed by atoms with van der Waals surface area (Å²) in [4.78, 5) is 0. The highest BCUT2D eigenvalue weighted by molar-refractivity contribution is 14.1. The zero-order valence-electron chi connectivity index (χ0n) is 8.40. The lowest BCUT2D eigenvalue weighted by atomic mass is 10.0. The van der Waals surface area contributed by atoms with Crippen LogP contribution in [0.1, 0.15) is 17.0 Å². The van der Waals surface area contributed by atoms with Crippen molar-refractivity contribution >= 4 is 22.6 Å². The lowest BCUT2D eigenvalue weighted by Gasteiger charge is -2.02. The van der Waals surface area contributed by atoms with Gasteiger partial charge in [0.2, 0.25) is 5.89 Å². The summed E-state index contributed by atoms with van der Waals surface area (Å²) in [5, 5.41) is 7.76. The molecule has 3 nitrogen and oxygen atoms in total. The highest BCUT2D eigenvalue weighted by atomic mass is 127. The molecule has 0 spiro atoms. The van der Waals surface area contributed by atoms with E-state index in [1.165, 1.54) is 11.1 Å². The average molecular weight is 314 g/mol. The molecule has 0 atom stereocenters. The third-order valence-electron chi connectivity index (χ3n) is 2.31. The summed E-state index contributed by atoms with van der Waals surface area (Å²) in [6.07, 6.45) is 1.76. The normalized spacial score (nSPS) is 10.5. The Morgan fingerprint density at radius 3 is 2.67 bits per heavy atom. The van der Waals surface area contributed by atoms with Gasteiger partial charge in [-0.15, -0.1) is 10.2 Å². The number of aryl methyl sites for hydroxylation is 3. The fourth-order valence-electron chi connectivity index (χ4n) is 1.47. The van der Waals surface area contributed by atoms with Crippen molar-refractivity contribution in [3.63, 3.8) is 0 Å². The molecule has 1 aromatic carbocycles. The van der Waals surface area contributed by atoms with Crippen molar-refractivity contribution in [2.45, 2.75) is 19.8 Å². The molecule has 78 valence electrons. The smallest absolute Gasteiger partial charge is 0.278 e. The molecule has 2 rings (SSSR count). The van der Waals surface area contributed by atoms with E-state index in [0.29, 0.717) is 9.79 Å². The maximum atomic E-state index is 5.31. The van der Waals surface area contributed by atoms with Gasteiger partial charge < -0.3 is 4.42 Å². The number of hydrogen-bond donors (Lipinski definition) is 0. The van der Waals surface area contributed by atoms with Crippen LogP contribution in [-0.2, 0) is 12.8 Å². The first-order valence-corrected chi connectivity index (χ1v) is 5.86. The van der Waals surface area contributed by atoms with Gasteiger partial charge in [0.15, 0.2) is 0 Å². The van der Waals surface area contributed by atoms with Crippen LogP contribution in [-0.4, -0.2) is 10.2 Å². The van der Waals surface area contributed by atoms with Gasteiger partial charge in [-0.25, -0.2) is 0 Å². The van der Waals surface area contributed by atoms with Gasteiger partial charge >= 0.3 is 0 Å². The molecule has 0 fully saturated rings. The molecule has 0 amide bonds. The van der Waals surface area contributed by atoms with Gasteiger partial charge in [-0.2, -0.15) is 0 Å². The minimum atomic E-state index is 0.604. The van der Waals surface area contributed by atoms with Crippen LogP contribution in [0.25, 0.3) is 0 Å². The van der Waals surface area contributed by atoms with E-state index in [4.69, 9.17) is 4.42 Å². The molecule has 0 radical (unpaired) electrons. The molecule has 0 N–H and O–H groups in total. The van der Waals surface area contributed by atoms with Gasteiger partial charge in [0.05, 0.1) is 0 Å². The van der Waals surface area contributed by atoms with E-state index in [1.807, 2.05) is 22.6 Å². The lowest BCUT2D eigenvalue weighted by Crippen LogP contribution is -1.94. The highest BCUT2D eigenvalue weighted by Gasteiger charge is 2.04. The van der Waals surface area contributed by atoms with Crippen LogP contribution in [0.2, 0.25) is 0 Å². The molecule has 0 unspecified atom stereocenters. The Labute approximate surface area is 102 Å². The SMILES string of the molecule is Cc1ccccc1CCc1nnc(I)o1. The van der Waals surface area contributed by atoms with Crippen molar-refractivity contribution < 1.29 is 4.42 Å². The van der Waals surface area contributed by atoms with Crippen LogP contribution < -0.4 is 0 Å². The predicted octanol–water partition coefficient (Wildman–Crippen LogP) is 2.77. The second-order valence-corrected chi connectivity index (χ2v) is 4.30. The Balaban J connectivity index is 2.02. The van der Waals surface area contributed by atoms with Crippen LogP contribution in [0.4, 0.5) is 0 Å². The number of hydrogen-bond acceptors (Lipinski definition) is 3. The first-order chi connectivity index (χ1) is 7.25. The second kappa shape index (κ2) is 4.74. The van der Waals surface area contributed by atoms with Crippen LogP contribution in [0.3, 0.4) is 0 Å². The first kappa shape index (κ1) is 10.6. The van der Waals surface area contributed by atoms with Gasteiger partial charge in [-0.05, 0) is 24.5 Å². The van der Waals surface area contributed by atoms with Crippen molar-refractivity contribution in [3.05, 3.63) is 45.2 Å². The number of aromatic nitrogens is 2. The van der Waals surface area contributed by atoms with E-state index in [-0.39, 0.29) is 0 Å². The number of halogens is 1. The van der Waals surface area contributed by atoms with E-state index in [0.717, 1.165) is 12.8 Å². The quantitative estimate of drug-likeness (QED) is 0.818. The van der Waals surface area contributed by atoms with E-state index in [2.05, 4.69) is 41.4 Å². The molecule has 2 aromatic rings. The number of benzene rings is 1. The maximum absolute atomic E-state index is 5.31. The summed E-state index contributed by atoms with van der Waals surface area (Å²) < 4.78 is 5.91. The van der Waals surface area contributed by atoms with E-state index < -0.39 is 0 Å². The Bertz CT molecular complexity index is 453. The molecule has 0 saturated heterocycles. The van der Waals surface area contributed by atoms with Crippen molar-refractivity contribution in [1.82, 2.24) is 10.2 Å². The molecule has 0 aliphatic heterocycles. The molecule has 0 saturated carbocycles. The second-order valence-electron chi connectivity index (χ2n) is 3.38. The molecule has 4 heteroatoms. The Morgan fingerprint density at radius 1 is 1.20 bits per heavy atom. The van der Waals surface area contributed by atoms with Crippen molar-refractivity contribution in [3.8, 4) is 0 Å². The summed E-state index contributed by atoms with van der Waals surface area (Å²) in [6.45, 7) is 2.12. The largest absolute Gasteiger partial charge is 0.416 e. The number of rotatable bonds is 3. The van der Waals surface area contributed by atoms with Crippen molar-refractivity contribution in [2.24, 2.45) is 0 Å². The van der Waals surface area contributed by atoms with Crippen molar-refractivity contribution in [2.75, 3.05) is 0 Å². The van der Waals surface area contributed by atoms with Crippen molar-refractivity contribution in [1.29, 1.82) is 0 Å². The fourth-order valence-corrected chi connectivity index (χ4v) is 1.83. The van der Waals surface area contributed by atoms with Gasteiger partial charge in [0.25, 0.3) is 3.90 Å². The topological polar surface area (TPSA) is 38.9 Å². The molecule has 1 aromatic heterocycles. The zero-order chi connectivity index (χ0) is 10.7. The Hall–Kier alpha value is -0.910. The summed E-state index contributed by atoms with van der Waals surface area (Å²) in [7, 11) is 0. The Morgan fingerprint density at radius 2 is 2.00 bits per heavy atom. The predicted molar refractivity (Wildman–Crippen MR) is 65.6 cm³/mol. The standard InChI is InChI=1S/C11H11IN2O/c1-8-4-2-3-5-9(8)6-7-10-13-14-11(12)15-10/h2-5H,6-7H2,1H3. The molecular weight excluding hydrogens is 303 g/mol. The fraction of sp³-hybridized carbons (Fsp3) is 0.273. The minimum absolute atomic E-state index is 0.604. The van der Waals surface area contributed by atoms with Gasteiger partial charge in [-0.3, -0.25) is 0 Å². The Kier molecular flexibility index (Phi) is 3.35. The molecule has 1 heterocycles. The summed E-state index contributed by atoms with van der Waals surface area (Å²) in [5.74, 6) is 0.711. The van der Waals surface area contributed by atoms with Gasteiger partial charge in [0, 0.05) is 29.0 Å². The monoisotopic (exact) mass is 314 g/mol. The van der Waals surface area contributed by atoms with E-state index >= 15 is 0 Å². The zero-order valence-corrected chi connectivity index (χ0v) is 10.6. The summed E-state index contributed by atoms with van der Waals surface area (Å²) >= 11 is 2.02. The molecule has 0 bridgehead atoms. The van der Waals surface area contributed by atoms with Crippen LogP contribution >= 0.6 is 22.6 Å². The molecule has 15 heavy (non-hydrogen) atoms. The van der Waals surface area contributed by atoms with Crippen LogP contribution in [0, 0.1) is 10.8 Å². The maximum Gasteiger partial charge on any atom is 0.278 e. The van der Waals surface area contributed by atoms with E-state index in [1.54, 1.807) is 0 Å². The average Bonchev–Trinajstić information content (AvgIpc) is 2.63. The first-order valence-electron chi connectivity index (χ1n) is 4.78. The number of nitrogens with zero attached hydrogens (tertiary/aromatic N) is 2. The third-order valence-corrected chi connectivity index (χ3v) is 2.75. The van der Waals surface area contributed by atoms with Crippen LogP contribution in [0.15, 0.2) is 28.7 Å². The van der Waals surface area contributed by atoms with Gasteiger partial charge in [-0.1, -0.05) is 24.3 Å². The molecule has 0 aliphatic carbocycles.